The SMILES string of the molecule is CCCN(CC(=O)O)CC(=O)Nc1c(Cl)cc(Cl)cc1Cl. The molecule has 0 saturated heterocycles. The van der Waals surface area contributed by atoms with Crippen LogP contribution in [0.1, 0.15) is 13.3 Å². The molecule has 0 bridgehead atoms. The second-order valence-corrected chi connectivity index (χ2v) is 5.65. The maximum Gasteiger partial charge on any atom is 0.317 e. The Kier molecular flexibility index (Phi) is 7.25. The van der Waals surface area contributed by atoms with Crippen LogP contribution in [-0.2, 0) is 9.59 Å². The van der Waals surface area contributed by atoms with Crippen molar-refractivity contribution >= 4 is 52.4 Å². The summed E-state index contributed by atoms with van der Waals surface area (Å²) in [5.74, 6) is -1.38. The van der Waals surface area contributed by atoms with Gasteiger partial charge in [-0.3, -0.25) is 14.5 Å². The summed E-state index contributed by atoms with van der Waals surface area (Å²) in [6.07, 6.45) is 0.739. The van der Waals surface area contributed by atoms with Gasteiger partial charge in [-0.15, -0.1) is 0 Å². The predicted molar refractivity (Wildman–Crippen MR) is 84.5 cm³/mol. The number of carboxylic acids is 1. The molecular formula is C13H15Cl3N2O3. The lowest BCUT2D eigenvalue weighted by molar-refractivity contribution is -0.138. The Bertz CT molecular complexity index is 514. The highest BCUT2D eigenvalue weighted by molar-refractivity contribution is 6.42. The molecule has 1 aromatic carbocycles. The van der Waals surface area contributed by atoms with Gasteiger partial charge in [-0.2, -0.15) is 0 Å². The van der Waals surface area contributed by atoms with Gasteiger partial charge >= 0.3 is 5.97 Å². The van der Waals surface area contributed by atoms with E-state index in [0.717, 1.165) is 6.42 Å². The molecule has 1 aromatic rings. The Hall–Kier alpha value is -1.01. The molecule has 5 nitrogen and oxygen atoms in total. The smallest absolute Gasteiger partial charge is 0.317 e. The molecule has 0 aromatic heterocycles. The summed E-state index contributed by atoms with van der Waals surface area (Å²) >= 11 is 17.7. The van der Waals surface area contributed by atoms with E-state index < -0.39 is 11.9 Å². The molecule has 116 valence electrons. The average molecular weight is 354 g/mol. The fourth-order valence-corrected chi connectivity index (χ4v) is 2.68. The largest absolute Gasteiger partial charge is 0.480 e. The van der Waals surface area contributed by atoms with Gasteiger partial charge < -0.3 is 10.4 Å². The van der Waals surface area contributed by atoms with Crippen molar-refractivity contribution in [1.82, 2.24) is 4.90 Å². The molecule has 1 amide bonds. The number of nitrogens with one attached hydrogen (secondary N) is 1. The number of amides is 1. The van der Waals surface area contributed by atoms with E-state index in [2.05, 4.69) is 5.32 Å². The van der Waals surface area contributed by atoms with Crippen LogP contribution < -0.4 is 5.32 Å². The van der Waals surface area contributed by atoms with Crippen LogP contribution >= 0.6 is 34.8 Å². The first kappa shape index (κ1) is 18.0. The van der Waals surface area contributed by atoms with Crippen LogP contribution in [0.25, 0.3) is 0 Å². The van der Waals surface area contributed by atoms with Crippen LogP contribution in [-0.4, -0.2) is 41.5 Å². The molecule has 1 rings (SSSR count). The van der Waals surface area contributed by atoms with E-state index in [9.17, 15) is 9.59 Å². The zero-order valence-corrected chi connectivity index (χ0v) is 13.6. The van der Waals surface area contributed by atoms with Gasteiger partial charge in [0.2, 0.25) is 5.91 Å². The zero-order valence-electron chi connectivity index (χ0n) is 11.3. The third-order valence-electron chi connectivity index (χ3n) is 2.54. The quantitative estimate of drug-likeness (QED) is 0.788. The molecule has 0 spiro atoms. The maximum atomic E-state index is 12.0. The third-order valence-corrected chi connectivity index (χ3v) is 3.35. The van der Waals surface area contributed by atoms with E-state index in [0.29, 0.717) is 11.6 Å². The summed E-state index contributed by atoms with van der Waals surface area (Å²) in [5, 5.41) is 12.2. The van der Waals surface area contributed by atoms with Crippen LogP contribution in [0.2, 0.25) is 15.1 Å². The van der Waals surface area contributed by atoms with Gasteiger partial charge in [0.25, 0.3) is 0 Å². The molecule has 0 unspecified atom stereocenters. The first-order chi connectivity index (χ1) is 9.83. The van der Waals surface area contributed by atoms with E-state index in [-0.39, 0.29) is 28.8 Å². The molecule has 0 atom stereocenters. The molecule has 21 heavy (non-hydrogen) atoms. The Morgan fingerprint density at radius 1 is 1.19 bits per heavy atom. The molecule has 0 radical (unpaired) electrons. The number of hydrogen-bond acceptors (Lipinski definition) is 3. The summed E-state index contributed by atoms with van der Waals surface area (Å²) in [5.41, 5.74) is 0.263. The monoisotopic (exact) mass is 352 g/mol. The van der Waals surface area contributed by atoms with Crippen molar-refractivity contribution in [3.05, 3.63) is 27.2 Å². The van der Waals surface area contributed by atoms with Crippen molar-refractivity contribution < 1.29 is 14.7 Å². The highest BCUT2D eigenvalue weighted by Gasteiger charge is 2.16. The number of rotatable bonds is 7. The predicted octanol–water partition coefficient (Wildman–Crippen LogP) is 3.38. The number of halogens is 3. The Morgan fingerprint density at radius 2 is 1.76 bits per heavy atom. The first-order valence-electron chi connectivity index (χ1n) is 6.22. The van der Waals surface area contributed by atoms with Gasteiger partial charge in [-0.25, -0.2) is 0 Å². The van der Waals surface area contributed by atoms with E-state index in [4.69, 9.17) is 39.9 Å². The van der Waals surface area contributed by atoms with Crippen molar-refractivity contribution in [3.8, 4) is 0 Å². The molecule has 0 fully saturated rings. The standard InChI is InChI=1S/C13H15Cl3N2O3/c1-2-3-18(7-12(20)21)6-11(19)17-13-9(15)4-8(14)5-10(13)16/h4-5H,2-3,6-7H2,1H3,(H,17,19)(H,20,21). The minimum atomic E-state index is -0.987. The summed E-state index contributed by atoms with van der Waals surface area (Å²) in [6, 6.07) is 2.93. The van der Waals surface area contributed by atoms with Crippen LogP contribution in [0.15, 0.2) is 12.1 Å². The van der Waals surface area contributed by atoms with Gasteiger partial charge in [0, 0.05) is 5.02 Å². The van der Waals surface area contributed by atoms with Gasteiger partial charge in [-0.1, -0.05) is 41.7 Å². The molecule has 0 heterocycles. The number of carbonyl (C=O) groups is 2. The van der Waals surface area contributed by atoms with Crippen LogP contribution in [0, 0.1) is 0 Å². The summed E-state index contributed by atoms with van der Waals surface area (Å²) < 4.78 is 0. The molecule has 8 heteroatoms. The second-order valence-electron chi connectivity index (χ2n) is 4.40. The summed E-state index contributed by atoms with van der Waals surface area (Å²) in [7, 11) is 0. The fraction of sp³-hybridized carbons (Fsp3) is 0.385. The number of aliphatic carboxylic acids is 1. The number of carboxylic acid groups (broad SMARTS) is 1. The summed E-state index contributed by atoms with van der Waals surface area (Å²) in [4.78, 5) is 24.2. The Morgan fingerprint density at radius 3 is 2.24 bits per heavy atom. The topological polar surface area (TPSA) is 69.6 Å². The number of nitrogens with zero attached hydrogens (tertiary/aromatic N) is 1. The van der Waals surface area contributed by atoms with Crippen molar-refractivity contribution in [2.75, 3.05) is 25.0 Å². The molecule has 0 aliphatic rings. The van der Waals surface area contributed by atoms with Gasteiger partial charge in [0.15, 0.2) is 0 Å². The van der Waals surface area contributed by atoms with E-state index >= 15 is 0 Å². The second kappa shape index (κ2) is 8.44. The molecular weight excluding hydrogens is 339 g/mol. The number of hydrogen-bond donors (Lipinski definition) is 2. The third kappa shape index (κ3) is 6.09. The van der Waals surface area contributed by atoms with E-state index in [1.165, 1.54) is 17.0 Å². The van der Waals surface area contributed by atoms with Crippen LogP contribution in [0.5, 0.6) is 0 Å². The van der Waals surface area contributed by atoms with Crippen molar-refractivity contribution in [3.63, 3.8) is 0 Å². The first-order valence-corrected chi connectivity index (χ1v) is 7.35. The van der Waals surface area contributed by atoms with Crippen molar-refractivity contribution in [2.45, 2.75) is 13.3 Å². The maximum absolute atomic E-state index is 12.0. The normalized spacial score (nSPS) is 10.7. The molecule has 0 aliphatic carbocycles. The fourth-order valence-electron chi connectivity index (χ4n) is 1.77. The van der Waals surface area contributed by atoms with Gasteiger partial charge in [0.05, 0.1) is 28.8 Å². The van der Waals surface area contributed by atoms with Crippen molar-refractivity contribution in [2.24, 2.45) is 0 Å². The van der Waals surface area contributed by atoms with Gasteiger partial charge in [-0.05, 0) is 25.1 Å². The van der Waals surface area contributed by atoms with E-state index in [1.807, 2.05) is 6.92 Å². The lowest BCUT2D eigenvalue weighted by Crippen LogP contribution is -2.37. The number of benzene rings is 1. The lowest BCUT2D eigenvalue weighted by Gasteiger charge is -2.19. The van der Waals surface area contributed by atoms with Crippen LogP contribution in [0.4, 0.5) is 5.69 Å². The number of anilines is 1. The minimum Gasteiger partial charge on any atom is -0.480 e. The van der Waals surface area contributed by atoms with Gasteiger partial charge in [0.1, 0.15) is 0 Å². The highest BCUT2D eigenvalue weighted by atomic mass is 35.5. The highest BCUT2D eigenvalue weighted by Crippen LogP contribution is 2.33. The lowest BCUT2D eigenvalue weighted by atomic mass is 10.3. The molecule has 0 aliphatic heterocycles. The number of carbonyl (C=O) groups excluding carboxylic acids is 1. The average Bonchev–Trinajstić information content (AvgIpc) is 2.33. The molecule has 2 N–H and O–H groups in total. The zero-order chi connectivity index (χ0) is 16.0. The van der Waals surface area contributed by atoms with Crippen LogP contribution in [0.3, 0.4) is 0 Å². The summed E-state index contributed by atoms with van der Waals surface area (Å²) in [6.45, 7) is 2.14. The Balaban J connectivity index is 2.74. The van der Waals surface area contributed by atoms with Crippen molar-refractivity contribution in [1.29, 1.82) is 0 Å². The minimum absolute atomic E-state index is 0.0601. The van der Waals surface area contributed by atoms with E-state index in [1.54, 1.807) is 0 Å². The molecule has 0 saturated carbocycles. The Labute approximate surface area is 137 Å².